The summed E-state index contributed by atoms with van der Waals surface area (Å²) in [6.45, 7) is 4.36. The number of carbonyl (C=O) groups excluding carboxylic acids is 2. The van der Waals surface area contributed by atoms with E-state index >= 15 is 0 Å². The minimum Gasteiger partial charge on any atom is -0.481 e. The number of rotatable bonds is 10. The van der Waals surface area contributed by atoms with Crippen molar-refractivity contribution in [1.82, 2.24) is 14.8 Å². The summed E-state index contributed by atoms with van der Waals surface area (Å²) in [6.07, 6.45) is -0.466. The number of anilines is 1. The van der Waals surface area contributed by atoms with Gasteiger partial charge in [0.15, 0.2) is 17.1 Å². The van der Waals surface area contributed by atoms with Gasteiger partial charge in [-0.1, -0.05) is 65.3 Å². The van der Waals surface area contributed by atoms with Crippen molar-refractivity contribution < 1.29 is 19.1 Å². The summed E-state index contributed by atoms with van der Waals surface area (Å²) in [5.41, 5.74) is 1.89. The lowest BCUT2D eigenvalue weighted by Crippen LogP contribution is -2.17. The van der Waals surface area contributed by atoms with Crippen LogP contribution < -0.4 is 10.1 Å². The highest BCUT2D eigenvalue weighted by Gasteiger charge is 2.24. The number of nitrogens with one attached hydrogen (secondary N) is 1. The number of esters is 1. The largest absolute Gasteiger partial charge is 0.481 e. The molecule has 4 rings (SSSR count). The van der Waals surface area contributed by atoms with Crippen molar-refractivity contribution in [2.75, 3.05) is 18.2 Å². The number of thiophene rings is 1. The number of aromatic nitrogens is 3. The maximum Gasteiger partial charge on any atom is 0.341 e. The molecule has 2 aromatic carbocycles. The van der Waals surface area contributed by atoms with Crippen LogP contribution in [-0.2, 0) is 16.1 Å². The van der Waals surface area contributed by atoms with Crippen LogP contribution in [0.25, 0.3) is 11.1 Å². The second kappa shape index (κ2) is 12.7. The topological polar surface area (TPSA) is 95.3 Å². The van der Waals surface area contributed by atoms with E-state index in [-0.39, 0.29) is 11.7 Å². The molecule has 1 unspecified atom stereocenters. The standard InChI is InChI=1S/C26H24Cl2N4O4S2/c1-4-32-23(15(2)36-20-12-17(27)10-11-19(20)28)30-31-26(32)38-14-21(33)29-24-22(25(34)35-3)18(13-37-24)16-8-6-5-7-9-16/h5-13,15H,4,14H2,1-3H3,(H,29,33). The highest BCUT2D eigenvalue weighted by molar-refractivity contribution is 7.99. The molecule has 0 radical (unpaired) electrons. The Morgan fingerprint density at radius 1 is 1.16 bits per heavy atom. The average molecular weight is 592 g/mol. The zero-order valence-electron chi connectivity index (χ0n) is 20.7. The van der Waals surface area contributed by atoms with Crippen LogP contribution in [0.1, 0.15) is 36.1 Å². The van der Waals surface area contributed by atoms with Gasteiger partial charge in [0.1, 0.15) is 16.3 Å². The minimum absolute atomic E-state index is 0.0622. The fourth-order valence-corrected chi connectivity index (χ4v) is 5.80. The van der Waals surface area contributed by atoms with Crippen LogP contribution >= 0.6 is 46.3 Å². The van der Waals surface area contributed by atoms with Gasteiger partial charge in [-0.2, -0.15) is 0 Å². The van der Waals surface area contributed by atoms with Gasteiger partial charge in [-0.05, 0) is 31.5 Å². The number of benzene rings is 2. The maximum atomic E-state index is 12.9. The van der Waals surface area contributed by atoms with Gasteiger partial charge in [0.2, 0.25) is 5.91 Å². The zero-order valence-corrected chi connectivity index (χ0v) is 23.9. The Hall–Kier alpha value is -3.05. The van der Waals surface area contributed by atoms with Crippen LogP contribution in [0.3, 0.4) is 0 Å². The monoisotopic (exact) mass is 590 g/mol. The molecular weight excluding hydrogens is 567 g/mol. The van der Waals surface area contributed by atoms with Gasteiger partial charge in [0.25, 0.3) is 0 Å². The third-order valence-electron chi connectivity index (χ3n) is 5.47. The van der Waals surface area contributed by atoms with Crippen molar-refractivity contribution in [3.05, 3.63) is 75.3 Å². The summed E-state index contributed by atoms with van der Waals surface area (Å²) in [6, 6.07) is 14.5. The molecule has 1 amide bonds. The smallest absolute Gasteiger partial charge is 0.341 e. The Morgan fingerprint density at radius 3 is 2.63 bits per heavy atom. The fourth-order valence-electron chi connectivity index (χ4n) is 3.69. The summed E-state index contributed by atoms with van der Waals surface area (Å²) in [5, 5.41) is 15.2. The van der Waals surface area contributed by atoms with Gasteiger partial charge in [0.05, 0.1) is 17.9 Å². The van der Waals surface area contributed by atoms with E-state index in [0.29, 0.717) is 49.4 Å². The van der Waals surface area contributed by atoms with Crippen LogP contribution in [0.15, 0.2) is 59.1 Å². The first-order valence-corrected chi connectivity index (χ1v) is 14.2. The number of amides is 1. The highest BCUT2D eigenvalue weighted by atomic mass is 35.5. The Balaban J connectivity index is 1.46. The molecule has 0 aliphatic heterocycles. The van der Waals surface area contributed by atoms with E-state index in [9.17, 15) is 9.59 Å². The molecule has 38 heavy (non-hydrogen) atoms. The third-order valence-corrected chi connectivity index (χ3v) is 7.88. The van der Waals surface area contributed by atoms with Crippen molar-refractivity contribution in [3.63, 3.8) is 0 Å². The summed E-state index contributed by atoms with van der Waals surface area (Å²) in [5.74, 6) is 0.288. The number of hydrogen-bond acceptors (Lipinski definition) is 8. The number of nitrogens with zero attached hydrogens (tertiary/aromatic N) is 3. The Morgan fingerprint density at radius 2 is 1.92 bits per heavy atom. The number of carbonyl (C=O) groups is 2. The van der Waals surface area contributed by atoms with E-state index in [1.54, 1.807) is 18.2 Å². The molecule has 198 valence electrons. The second-order valence-electron chi connectivity index (χ2n) is 7.97. The number of hydrogen-bond donors (Lipinski definition) is 1. The molecular formula is C26H24Cl2N4O4S2. The van der Waals surface area contributed by atoms with E-state index in [4.69, 9.17) is 32.7 Å². The van der Waals surface area contributed by atoms with Gasteiger partial charge < -0.3 is 19.4 Å². The molecule has 0 saturated carbocycles. The number of ether oxygens (including phenoxy) is 2. The molecule has 0 aliphatic rings. The second-order valence-corrected chi connectivity index (χ2v) is 10.6. The number of thioether (sulfide) groups is 1. The first kappa shape index (κ1) is 28.0. The van der Waals surface area contributed by atoms with Crippen LogP contribution in [0.5, 0.6) is 5.75 Å². The zero-order chi connectivity index (χ0) is 27.2. The number of halogens is 2. The van der Waals surface area contributed by atoms with Crippen molar-refractivity contribution >= 4 is 63.2 Å². The van der Waals surface area contributed by atoms with Gasteiger partial charge >= 0.3 is 5.97 Å². The van der Waals surface area contributed by atoms with Crippen LogP contribution in [0.4, 0.5) is 5.00 Å². The van der Waals surface area contributed by atoms with E-state index < -0.39 is 12.1 Å². The summed E-state index contributed by atoms with van der Waals surface area (Å²) in [4.78, 5) is 25.4. The number of methoxy groups -OCH3 is 1. The van der Waals surface area contributed by atoms with E-state index in [1.807, 2.05) is 54.1 Å². The van der Waals surface area contributed by atoms with Crippen LogP contribution in [-0.4, -0.2) is 39.5 Å². The van der Waals surface area contributed by atoms with Crippen molar-refractivity contribution in [3.8, 4) is 16.9 Å². The molecule has 0 aliphatic carbocycles. The molecule has 2 heterocycles. The van der Waals surface area contributed by atoms with E-state index in [2.05, 4.69) is 15.5 Å². The first-order valence-electron chi connectivity index (χ1n) is 11.5. The molecule has 1 atom stereocenters. The van der Waals surface area contributed by atoms with E-state index in [0.717, 1.165) is 5.56 Å². The molecule has 0 fully saturated rings. The van der Waals surface area contributed by atoms with Gasteiger partial charge in [0, 0.05) is 28.6 Å². The van der Waals surface area contributed by atoms with Crippen molar-refractivity contribution in [2.45, 2.75) is 31.7 Å². The highest BCUT2D eigenvalue weighted by Crippen LogP contribution is 2.36. The molecule has 0 bridgehead atoms. The first-order chi connectivity index (χ1) is 18.3. The lowest BCUT2D eigenvalue weighted by Gasteiger charge is -2.16. The van der Waals surface area contributed by atoms with Gasteiger partial charge in [-0.25, -0.2) is 4.79 Å². The minimum atomic E-state index is -0.516. The van der Waals surface area contributed by atoms with Crippen LogP contribution in [0.2, 0.25) is 10.0 Å². The van der Waals surface area contributed by atoms with Gasteiger partial charge in [-0.3, -0.25) is 4.79 Å². The summed E-state index contributed by atoms with van der Waals surface area (Å²) in [7, 11) is 1.32. The summed E-state index contributed by atoms with van der Waals surface area (Å²) < 4.78 is 12.8. The molecule has 8 nitrogen and oxygen atoms in total. The Labute approximate surface area is 238 Å². The maximum absolute atomic E-state index is 12.9. The molecule has 1 N–H and O–H groups in total. The molecule has 0 spiro atoms. The fraction of sp³-hybridized carbons (Fsp3) is 0.231. The molecule has 2 aromatic heterocycles. The molecule has 4 aromatic rings. The van der Waals surface area contributed by atoms with Gasteiger partial charge in [-0.15, -0.1) is 21.5 Å². The van der Waals surface area contributed by atoms with Crippen LogP contribution in [0, 0.1) is 0 Å². The lowest BCUT2D eigenvalue weighted by molar-refractivity contribution is -0.113. The third kappa shape index (κ3) is 6.32. The van der Waals surface area contributed by atoms with Crippen molar-refractivity contribution in [2.24, 2.45) is 0 Å². The Bertz CT molecular complexity index is 1440. The SMILES string of the molecule is CCn1c(SCC(=O)Nc2scc(-c3ccccc3)c2C(=O)OC)nnc1C(C)Oc1cc(Cl)ccc1Cl. The molecule has 12 heteroatoms. The lowest BCUT2D eigenvalue weighted by atomic mass is 10.0. The summed E-state index contributed by atoms with van der Waals surface area (Å²) >= 11 is 14.8. The Kier molecular flexibility index (Phi) is 9.32. The predicted octanol–water partition coefficient (Wildman–Crippen LogP) is 6.99. The predicted molar refractivity (Wildman–Crippen MR) is 152 cm³/mol. The molecule has 0 saturated heterocycles. The normalized spacial score (nSPS) is 11.7. The average Bonchev–Trinajstić information content (AvgIpc) is 3.53. The van der Waals surface area contributed by atoms with Crippen molar-refractivity contribution in [1.29, 1.82) is 0 Å². The quantitative estimate of drug-likeness (QED) is 0.157. The van der Waals surface area contributed by atoms with E-state index in [1.165, 1.54) is 30.2 Å².